The van der Waals surface area contributed by atoms with Crippen molar-refractivity contribution in [2.45, 2.75) is 12.8 Å². The maximum atomic E-state index is 12.6. The van der Waals surface area contributed by atoms with Gasteiger partial charge in [0.15, 0.2) is 5.43 Å². The number of aromatic hydroxyl groups is 1. The predicted octanol–water partition coefficient (Wildman–Crippen LogP) is 3.68. The Bertz CT molecular complexity index is 1090. The van der Waals surface area contributed by atoms with E-state index in [0.29, 0.717) is 35.1 Å². The van der Waals surface area contributed by atoms with Gasteiger partial charge in [0.2, 0.25) is 0 Å². The Morgan fingerprint density at radius 1 is 1.08 bits per heavy atom. The summed E-state index contributed by atoms with van der Waals surface area (Å²) in [6, 6.07) is 11.0. The van der Waals surface area contributed by atoms with E-state index in [2.05, 4.69) is 0 Å². The number of benzene rings is 2. The lowest BCUT2D eigenvalue weighted by molar-refractivity contribution is 0.0697. The van der Waals surface area contributed by atoms with Crippen LogP contribution in [-0.2, 0) is 6.42 Å². The molecule has 124 valence electrons. The van der Waals surface area contributed by atoms with Gasteiger partial charge in [0.25, 0.3) is 0 Å². The van der Waals surface area contributed by atoms with Crippen LogP contribution in [0, 0.1) is 0 Å². The quantitative estimate of drug-likeness (QED) is 0.746. The highest BCUT2D eigenvalue weighted by atomic mass is 16.4. The summed E-state index contributed by atoms with van der Waals surface area (Å²) in [4.78, 5) is 23.5. The molecule has 2 aromatic carbocycles. The zero-order valence-electron chi connectivity index (χ0n) is 13.2. The van der Waals surface area contributed by atoms with Gasteiger partial charge < -0.3 is 14.6 Å². The second-order valence-electron chi connectivity index (χ2n) is 6.02. The SMILES string of the molecule is O=C(O)c1ccc(/C=C2\CCc3c2oc2cc(O)ccc2c3=O)cc1. The number of allylic oxidation sites excluding steroid dienone is 1. The smallest absolute Gasteiger partial charge is 0.335 e. The van der Waals surface area contributed by atoms with Crippen LogP contribution in [0.4, 0.5) is 0 Å². The summed E-state index contributed by atoms with van der Waals surface area (Å²) in [6.07, 6.45) is 3.18. The van der Waals surface area contributed by atoms with Crippen LogP contribution in [-0.4, -0.2) is 16.2 Å². The molecule has 0 atom stereocenters. The topological polar surface area (TPSA) is 87.7 Å². The predicted molar refractivity (Wildman–Crippen MR) is 93.7 cm³/mol. The van der Waals surface area contributed by atoms with E-state index in [1.165, 1.54) is 12.1 Å². The van der Waals surface area contributed by atoms with Crippen molar-refractivity contribution >= 4 is 28.6 Å². The fourth-order valence-electron chi connectivity index (χ4n) is 3.14. The first-order valence-corrected chi connectivity index (χ1v) is 7.86. The summed E-state index contributed by atoms with van der Waals surface area (Å²) < 4.78 is 5.89. The van der Waals surface area contributed by atoms with Crippen molar-refractivity contribution in [3.8, 4) is 5.75 Å². The van der Waals surface area contributed by atoms with Crippen LogP contribution in [0.1, 0.15) is 33.7 Å². The molecule has 1 heterocycles. The Balaban J connectivity index is 1.82. The number of carboxylic acids is 1. The van der Waals surface area contributed by atoms with Gasteiger partial charge in [-0.25, -0.2) is 4.79 Å². The molecule has 0 radical (unpaired) electrons. The third-order valence-electron chi connectivity index (χ3n) is 4.40. The average Bonchev–Trinajstić information content (AvgIpc) is 2.98. The van der Waals surface area contributed by atoms with Gasteiger partial charge in [0.1, 0.15) is 17.1 Å². The lowest BCUT2D eigenvalue weighted by atomic mass is 10.1. The minimum absolute atomic E-state index is 0.0448. The van der Waals surface area contributed by atoms with Gasteiger partial charge in [0.05, 0.1) is 10.9 Å². The van der Waals surface area contributed by atoms with Crippen molar-refractivity contribution in [3.05, 3.63) is 75.1 Å². The molecule has 0 saturated carbocycles. The fraction of sp³-hybridized carbons (Fsp3) is 0.100. The van der Waals surface area contributed by atoms with Crippen LogP contribution in [0.2, 0.25) is 0 Å². The molecule has 2 N–H and O–H groups in total. The number of fused-ring (bicyclic) bond motifs is 2. The molecule has 0 fully saturated rings. The van der Waals surface area contributed by atoms with E-state index in [-0.39, 0.29) is 16.7 Å². The molecule has 0 spiro atoms. The Morgan fingerprint density at radius 3 is 2.56 bits per heavy atom. The first-order chi connectivity index (χ1) is 12.0. The zero-order valence-corrected chi connectivity index (χ0v) is 13.2. The molecular weight excluding hydrogens is 320 g/mol. The molecule has 5 heteroatoms. The second-order valence-corrected chi connectivity index (χ2v) is 6.02. The number of carbonyl (C=O) groups is 1. The van der Waals surface area contributed by atoms with Gasteiger partial charge >= 0.3 is 5.97 Å². The van der Waals surface area contributed by atoms with Gasteiger partial charge in [-0.15, -0.1) is 0 Å². The number of hydrogen-bond donors (Lipinski definition) is 2. The van der Waals surface area contributed by atoms with Crippen molar-refractivity contribution in [1.82, 2.24) is 0 Å². The summed E-state index contributed by atoms with van der Waals surface area (Å²) in [7, 11) is 0. The van der Waals surface area contributed by atoms with Crippen LogP contribution in [0.3, 0.4) is 0 Å². The summed E-state index contributed by atoms with van der Waals surface area (Å²) in [5.74, 6) is -0.378. The Hall–Kier alpha value is -3.34. The second kappa shape index (κ2) is 5.63. The number of phenolic OH excluding ortho intramolecular Hbond substituents is 1. The summed E-state index contributed by atoms with van der Waals surface area (Å²) in [5, 5.41) is 19.0. The normalized spacial score (nSPS) is 14.8. The molecule has 5 nitrogen and oxygen atoms in total. The van der Waals surface area contributed by atoms with E-state index in [0.717, 1.165) is 11.1 Å². The Morgan fingerprint density at radius 2 is 1.84 bits per heavy atom. The number of aromatic carboxylic acids is 1. The number of phenols is 1. The molecule has 0 unspecified atom stereocenters. The zero-order chi connectivity index (χ0) is 17.6. The van der Waals surface area contributed by atoms with E-state index in [4.69, 9.17) is 9.52 Å². The summed E-state index contributed by atoms with van der Waals surface area (Å²) in [5.41, 5.74) is 2.89. The largest absolute Gasteiger partial charge is 0.508 e. The summed E-state index contributed by atoms with van der Waals surface area (Å²) >= 11 is 0. The van der Waals surface area contributed by atoms with Crippen molar-refractivity contribution in [1.29, 1.82) is 0 Å². The van der Waals surface area contributed by atoms with Crippen molar-refractivity contribution in [3.63, 3.8) is 0 Å². The standard InChI is InChI=1S/C20H14O5/c21-14-6-8-15-17(10-14)25-19-13(5-7-16(19)18(15)22)9-11-1-3-12(4-2-11)20(23)24/h1-4,6,8-10,21H,5,7H2,(H,23,24)/b13-9+. The minimum Gasteiger partial charge on any atom is -0.508 e. The first kappa shape index (κ1) is 15.2. The van der Waals surface area contributed by atoms with Gasteiger partial charge in [-0.3, -0.25) is 4.79 Å². The van der Waals surface area contributed by atoms with Crippen LogP contribution in [0.15, 0.2) is 51.7 Å². The van der Waals surface area contributed by atoms with Crippen molar-refractivity contribution < 1.29 is 19.4 Å². The maximum Gasteiger partial charge on any atom is 0.335 e. The van der Waals surface area contributed by atoms with E-state index in [9.17, 15) is 14.7 Å². The molecule has 1 aliphatic rings. The minimum atomic E-state index is -0.970. The van der Waals surface area contributed by atoms with E-state index >= 15 is 0 Å². The molecule has 0 bridgehead atoms. The van der Waals surface area contributed by atoms with Crippen LogP contribution in [0.5, 0.6) is 5.75 Å². The van der Waals surface area contributed by atoms with Gasteiger partial charge in [0, 0.05) is 11.6 Å². The average molecular weight is 334 g/mol. The van der Waals surface area contributed by atoms with Crippen molar-refractivity contribution in [2.75, 3.05) is 0 Å². The fourth-order valence-corrected chi connectivity index (χ4v) is 3.14. The number of rotatable bonds is 2. The number of carboxylic acid groups (broad SMARTS) is 1. The lowest BCUT2D eigenvalue weighted by Gasteiger charge is -2.04. The Kier molecular flexibility index (Phi) is 3.42. The number of hydrogen-bond acceptors (Lipinski definition) is 4. The third-order valence-corrected chi connectivity index (χ3v) is 4.40. The van der Waals surface area contributed by atoms with Crippen LogP contribution < -0.4 is 5.43 Å². The molecule has 0 aliphatic heterocycles. The highest BCUT2D eigenvalue weighted by Crippen LogP contribution is 2.34. The van der Waals surface area contributed by atoms with Gasteiger partial charge in [-0.1, -0.05) is 12.1 Å². The van der Waals surface area contributed by atoms with Gasteiger partial charge in [-0.2, -0.15) is 0 Å². The monoisotopic (exact) mass is 334 g/mol. The van der Waals surface area contributed by atoms with E-state index in [1.54, 1.807) is 30.3 Å². The molecular formula is C20H14O5. The highest BCUT2D eigenvalue weighted by molar-refractivity contribution is 5.89. The molecule has 1 aliphatic carbocycles. The first-order valence-electron chi connectivity index (χ1n) is 7.86. The Labute approximate surface area is 142 Å². The molecule has 25 heavy (non-hydrogen) atoms. The molecule has 1 aromatic heterocycles. The van der Waals surface area contributed by atoms with Crippen molar-refractivity contribution in [2.24, 2.45) is 0 Å². The molecule has 3 aromatic rings. The van der Waals surface area contributed by atoms with E-state index < -0.39 is 5.97 Å². The van der Waals surface area contributed by atoms with Crippen LogP contribution >= 0.6 is 0 Å². The molecule has 4 rings (SSSR count). The maximum absolute atomic E-state index is 12.6. The third kappa shape index (κ3) is 2.59. The van der Waals surface area contributed by atoms with Gasteiger partial charge in [-0.05, 0) is 54.3 Å². The van der Waals surface area contributed by atoms with E-state index in [1.807, 2.05) is 6.08 Å². The van der Waals surface area contributed by atoms with Crippen LogP contribution in [0.25, 0.3) is 22.6 Å². The highest BCUT2D eigenvalue weighted by Gasteiger charge is 2.24. The summed E-state index contributed by atoms with van der Waals surface area (Å²) in [6.45, 7) is 0. The lowest BCUT2D eigenvalue weighted by Crippen LogP contribution is -2.08. The molecule has 0 amide bonds. The molecule has 0 saturated heterocycles.